The normalized spacial score (nSPS) is 10.3. The lowest BCUT2D eigenvalue weighted by molar-refractivity contribution is 0.400. The monoisotopic (exact) mass is 283 g/mol. The van der Waals surface area contributed by atoms with Crippen molar-refractivity contribution in [2.75, 3.05) is 20.0 Å². The van der Waals surface area contributed by atoms with E-state index >= 15 is 0 Å². The van der Waals surface area contributed by atoms with Crippen LogP contribution in [0.4, 0.5) is 5.13 Å². The van der Waals surface area contributed by atoms with E-state index in [4.69, 9.17) is 15.2 Å². The number of nitrogens with zero attached hydrogens (tertiary/aromatic N) is 2. The van der Waals surface area contributed by atoms with Crippen molar-refractivity contribution in [1.29, 1.82) is 0 Å². The van der Waals surface area contributed by atoms with Crippen LogP contribution in [0.15, 0.2) is 22.5 Å². The summed E-state index contributed by atoms with van der Waals surface area (Å²) in [5.74, 6) is 2.37. The molecular weight excluding hydrogens is 270 g/mol. The molecule has 7 heteroatoms. The zero-order chi connectivity index (χ0) is 13.0. The van der Waals surface area contributed by atoms with Crippen molar-refractivity contribution < 1.29 is 9.47 Å². The molecule has 0 saturated carbocycles. The summed E-state index contributed by atoms with van der Waals surface area (Å²) in [7, 11) is 3.29. The second-order valence-electron chi connectivity index (χ2n) is 3.37. The molecule has 0 unspecified atom stereocenters. The van der Waals surface area contributed by atoms with E-state index in [9.17, 15) is 0 Å². The van der Waals surface area contributed by atoms with E-state index < -0.39 is 0 Å². The summed E-state index contributed by atoms with van der Waals surface area (Å²) in [6.45, 7) is 0. The van der Waals surface area contributed by atoms with Gasteiger partial charge in [0.1, 0.15) is 11.5 Å². The zero-order valence-electron chi connectivity index (χ0n) is 10.0. The summed E-state index contributed by atoms with van der Waals surface area (Å²) in [4.78, 5) is 0. The van der Waals surface area contributed by atoms with Gasteiger partial charge in [-0.05, 0) is 18.2 Å². The molecule has 5 nitrogen and oxygen atoms in total. The number of nitrogens with two attached hydrogens (primary N) is 1. The molecule has 18 heavy (non-hydrogen) atoms. The van der Waals surface area contributed by atoms with Crippen molar-refractivity contribution in [3.8, 4) is 11.5 Å². The maximum Gasteiger partial charge on any atom is 0.203 e. The highest BCUT2D eigenvalue weighted by Gasteiger charge is 2.08. The van der Waals surface area contributed by atoms with Gasteiger partial charge in [-0.25, -0.2) is 0 Å². The Balaban J connectivity index is 2.11. The second-order valence-corrected chi connectivity index (χ2v) is 5.60. The molecule has 0 radical (unpaired) electrons. The molecule has 1 aromatic carbocycles. The topological polar surface area (TPSA) is 70.3 Å². The van der Waals surface area contributed by atoms with Crippen molar-refractivity contribution in [2.24, 2.45) is 0 Å². The molecule has 0 spiro atoms. The smallest absolute Gasteiger partial charge is 0.203 e. The molecule has 2 aromatic rings. The minimum Gasteiger partial charge on any atom is -0.497 e. The van der Waals surface area contributed by atoms with Gasteiger partial charge < -0.3 is 15.2 Å². The van der Waals surface area contributed by atoms with Crippen LogP contribution in [0.5, 0.6) is 11.5 Å². The molecule has 2 rings (SSSR count). The van der Waals surface area contributed by atoms with Gasteiger partial charge in [-0.2, -0.15) is 0 Å². The zero-order valence-corrected chi connectivity index (χ0v) is 11.7. The average molecular weight is 283 g/mol. The minimum atomic E-state index is 0.482. The first-order valence-electron chi connectivity index (χ1n) is 5.15. The third kappa shape index (κ3) is 3.05. The summed E-state index contributed by atoms with van der Waals surface area (Å²) in [5, 5.41) is 8.22. The maximum absolute atomic E-state index is 5.54. The van der Waals surface area contributed by atoms with E-state index in [2.05, 4.69) is 10.2 Å². The van der Waals surface area contributed by atoms with Gasteiger partial charge in [0.15, 0.2) is 4.34 Å². The van der Waals surface area contributed by atoms with Crippen LogP contribution >= 0.6 is 23.1 Å². The standard InChI is InChI=1S/C11H13N3O2S2/c1-15-8-3-4-9(16-2)7(5-8)6-17-11-14-13-10(12)18-11/h3-5H,6H2,1-2H3,(H2,12,13). The number of anilines is 1. The Morgan fingerprint density at radius 2 is 2.11 bits per heavy atom. The molecule has 0 saturated heterocycles. The minimum absolute atomic E-state index is 0.482. The first kappa shape index (κ1) is 13.0. The Kier molecular flexibility index (Phi) is 4.27. The van der Waals surface area contributed by atoms with E-state index in [0.29, 0.717) is 5.13 Å². The van der Waals surface area contributed by atoms with Crippen molar-refractivity contribution in [1.82, 2.24) is 10.2 Å². The van der Waals surface area contributed by atoms with Gasteiger partial charge in [-0.1, -0.05) is 23.1 Å². The van der Waals surface area contributed by atoms with Crippen LogP contribution in [-0.2, 0) is 5.75 Å². The highest BCUT2D eigenvalue weighted by molar-refractivity contribution is 8.00. The van der Waals surface area contributed by atoms with Crippen LogP contribution in [0.1, 0.15) is 5.56 Å². The summed E-state index contributed by atoms with van der Waals surface area (Å²) < 4.78 is 11.4. The van der Waals surface area contributed by atoms with Gasteiger partial charge in [0.25, 0.3) is 0 Å². The fourth-order valence-electron chi connectivity index (χ4n) is 1.41. The van der Waals surface area contributed by atoms with Crippen LogP contribution in [-0.4, -0.2) is 24.4 Å². The number of aromatic nitrogens is 2. The number of nitrogen functional groups attached to an aromatic ring is 1. The third-order valence-corrected chi connectivity index (χ3v) is 4.20. The van der Waals surface area contributed by atoms with E-state index in [1.165, 1.54) is 11.3 Å². The van der Waals surface area contributed by atoms with Crippen molar-refractivity contribution in [3.05, 3.63) is 23.8 Å². The molecule has 0 aliphatic rings. The molecule has 0 atom stereocenters. The summed E-state index contributed by atoms with van der Waals surface area (Å²) in [6.07, 6.45) is 0. The molecule has 1 heterocycles. The lowest BCUT2D eigenvalue weighted by Crippen LogP contribution is -1.92. The summed E-state index contributed by atoms with van der Waals surface area (Å²) >= 11 is 2.95. The second kappa shape index (κ2) is 5.92. The van der Waals surface area contributed by atoms with Gasteiger partial charge >= 0.3 is 0 Å². The first-order chi connectivity index (χ1) is 8.72. The van der Waals surface area contributed by atoms with Gasteiger partial charge in [0, 0.05) is 11.3 Å². The number of rotatable bonds is 5. The van der Waals surface area contributed by atoms with Crippen molar-refractivity contribution in [2.45, 2.75) is 10.1 Å². The molecular formula is C11H13N3O2S2. The molecule has 0 aliphatic carbocycles. The van der Waals surface area contributed by atoms with Crippen LogP contribution in [0, 0.1) is 0 Å². The Bertz CT molecular complexity index is 531. The van der Waals surface area contributed by atoms with Gasteiger partial charge in [-0.15, -0.1) is 10.2 Å². The lowest BCUT2D eigenvalue weighted by Gasteiger charge is -2.09. The number of benzene rings is 1. The highest BCUT2D eigenvalue weighted by atomic mass is 32.2. The van der Waals surface area contributed by atoms with Gasteiger partial charge in [0.2, 0.25) is 5.13 Å². The number of methoxy groups -OCH3 is 2. The number of hydrogen-bond acceptors (Lipinski definition) is 7. The molecule has 0 fully saturated rings. The maximum atomic E-state index is 5.54. The van der Waals surface area contributed by atoms with Crippen molar-refractivity contribution >= 4 is 28.2 Å². The van der Waals surface area contributed by atoms with E-state index in [1.54, 1.807) is 26.0 Å². The Labute approximate surface area is 113 Å². The van der Waals surface area contributed by atoms with E-state index in [0.717, 1.165) is 27.2 Å². The highest BCUT2D eigenvalue weighted by Crippen LogP contribution is 2.32. The third-order valence-electron chi connectivity index (χ3n) is 2.26. The Morgan fingerprint density at radius 3 is 2.72 bits per heavy atom. The van der Waals surface area contributed by atoms with Crippen LogP contribution in [0.3, 0.4) is 0 Å². The quantitative estimate of drug-likeness (QED) is 0.850. The van der Waals surface area contributed by atoms with E-state index in [1.807, 2.05) is 18.2 Å². The molecule has 0 aliphatic heterocycles. The van der Waals surface area contributed by atoms with Crippen LogP contribution in [0.2, 0.25) is 0 Å². The SMILES string of the molecule is COc1ccc(OC)c(CSc2nnc(N)s2)c1. The van der Waals surface area contributed by atoms with Crippen LogP contribution < -0.4 is 15.2 Å². The molecule has 0 amide bonds. The predicted octanol–water partition coefficient (Wildman–Crippen LogP) is 2.43. The molecule has 0 bridgehead atoms. The average Bonchev–Trinajstić information content (AvgIpc) is 2.81. The van der Waals surface area contributed by atoms with Crippen LogP contribution in [0.25, 0.3) is 0 Å². The van der Waals surface area contributed by atoms with Gasteiger partial charge in [-0.3, -0.25) is 0 Å². The van der Waals surface area contributed by atoms with E-state index in [-0.39, 0.29) is 0 Å². The number of ether oxygens (including phenoxy) is 2. The van der Waals surface area contributed by atoms with Crippen molar-refractivity contribution in [3.63, 3.8) is 0 Å². The fourth-order valence-corrected chi connectivity index (χ4v) is 3.03. The molecule has 1 aromatic heterocycles. The Morgan fingerprint density at radius 1 is 1.28 bits per heavy atom. The molecule has 2 N–H and O–H groups in total. The predicted molar refractivity (Wildman–Crippen MR) is 73.4 cm³/mol. The summed E-state index contributed by atoms with van der Waals surface area (Å²) in [6, 6.07) is 5.72. The largest absolute Gasteiger partial charge is 0.497 e. The first-order valence-corrected chi connectivity index (χ1v) is 6.96. The number of hydrogen-bond donors (Lipinski definition) is 1. The number of thioether (sulfide) groups is 1. The summed E-state index contributed by atoms with van der Waals surface area (Å²) in [5.41, 5.74) is 6.59. The fraction of sp³-hybridized carbons (Fsp3) is 0.273. The Hall–Kier alpha value is -1.47. The lowest BCUT2D eigenvalue weighted by atomic mass is 10.2. The molecule has 96 valence electrons. The van der Waals surface area contributed by atoms with Gasteiger partial charge in [0.05, 0.1) is 14.2 Å².